The zero-order valence-electron chi connectivity index (χ0n) is 13.6. The van der Waals surface area contributed by atoms with E-state index >= 15 is 0 Å². The van der Waals surface area contributed by atoms with Gasteiger partial charge in [-0.3, -0.25) is 4.99 Å². The predicted molar refractivity (Wildman–Crippen MR) is 102 cm³/mol. The Kier molecular flexibility index (Phi) is 8.97. The van der Waals surface area contributed by atoms with Gasteiger partial charge in [0.05, 0.1) is 6.54 Å². The number of hydrogen-bond acceptors (Lipinski definition) is 4. The summed E-state index contributed by atoms with van der Waals surface area (Å²) >= 11 is 1.55. The van der Waals surface area contributed by atoms with Crippen LogP contribution in [0, 0.1) is 12.7 Å². The maximum Gasteiger partial charge on any atom is 0.387 e. The monoisotopic (exact) mass is 486 g/mol. The molecule has 1 heterocycles. The molecule has 0 radical (unpaired) electrons. The van der Waals surface area contributed by atoms with Crippen LogP contribution >= 0.6 is 35.3 Å². The molecular weight excluding hydrogens is 468 g/mol. The number of thiazole rings is 1. The van der Waals surface area contributed by atoms with Crippen molar-refractivity contribution in [1.29, 1.82) is 0 Å². The summed E-state index contributed by atoms with van der Waals surface area (Å²) in [6.07, 6.45) is 1.77. The molecule has 0 aliphatic carbocycles. The lowest BCUT2D eigenvalue weighted by Gasteiger charge is -2.14. The molecule has 2 N–H and O–H groups in total. The van der Waals surface area contributed by atoms with Gasteiger partial charge in [-0.15, -0.1) is 35.3 Å². The summed E-state index contributed by atoms with van der Waals surface area (Å²) in [5.41, 5.74) is 0.00541. The summed E-state index contributed by atoms with van der Waals surface area (Å²) in [7, 11) is 1.56. The molecule has 10 heteroatoms. The zero-order chi connectivity index (χ0) is 17.5. The summed E-state index contributed by atoms with van der Waals surface area (Å²) in [5, 5.41) is 6.77. The lowest BCUT2D eigenvalue weighted by Crippen LogP contribution is -2.36. The molecule has 2 aromatic rings. The summed E-state index contributed by atoms with van der Waals surface area (Å²) in [6, 6.07) is 3.79. The van der Waals surface area contributed by atoms with Crippen LogP contribution in [0.3, 0.4) is 0 Å². The number of hydrogen-bond donors (Lipinski definition) is 2. The van der Waals surface area contributed by atoms with Crippen LogP contribution in [0.1, 0.15) is 15.4 Å². The Morgan fingerprint density at radius 2 is 2.04 bits per heavy atom. The Bertz CT molecular complexity index is 712. The minimum atomic E-state index is -3.02. The van der Waals surface area contributed by atoms with Crippen molar-refractivity contribution in [3.63, 3.8) is 0 Å². The second kappa shape index (κ2) is 10.4. The minimum absolute atomic E-state index is 0. The fraction of sp³-hybridized carbons (Fsp3) is 0.333. The molecule has 2 rings (SSSR count). The second-order valence-corrected chi connectivity index (χ2v) is 6.06. The van der Waals surface area contributed by atoms with E-state index in [-0.39, 0.29) is 41.8 Å². The van der Waals surface area contributed by atoms with Crippen LogP contribution in [0.2, 0.25) is 0 Å². The fourth-order valence-corrected chi connectivity index (χ4v) is 2.68. The molecule has 138 valence electrons. The number of halogens is 4. The minimum Gasteiger partial charge on any atom is -0.434 e. The van der Waals surface area contributed by atoms with Gasteiger partial charge in [0.1, 0.15) is 16.6 Å². The lowest BCUT2D eigenvalue weighted by molar-refractivity contribution is -0.0506. The maximum absolute atomic E-state index is 13.9. The first-order valence-electron chi connectivity index (χ1n) is 7.07. The van der Waals surface area contributed by atoms with E-state index in [0.29, 0.717) is 12.5 Å². The highest BCUT2D eigenvalue weighted by atomic mass is 127. The largest absolute Gasteiger partial charge is 0.434 e. The van der Waals surface area contributed by atoms with Crippen LogP contribution in [0.4, 0.5) is 13.2 Å². The first-order valence-corrected chi connectivity index (χ1v) is 7.89. The zero-order valence-corrected chi connectivity index (χ0v) is 16.7. The van der Waals surface area contributed by atoms with Gasteiger partial charge in [-0.05, 0) is 19.1 Å². The molecule has 0 spiro atoms. The number of ether oxygens (including phenoxy) is 1. The number of aromatic nitrogens is 1. The molecule has 5 nitrogen and oxygen atoms in total. The van der Waals surface area contributed by atoms with E-state index in [1.165, 1.54) is 18.2 Å². The quantitative estimate of drug-likeness (QED) is 0.372. The number of guanidine groups is 1. The van der Waals surface area contributed by atoms with E-state index in [1.54, 1.807) is 24.6 Å². The van der Waals surface area contributed by atoms with Crippen molar-refractivity contribution < 1.29 is 17.9 Å². The number of rotatable bonds is 6. The standard InChI is InChI=1S/C15H17F3N4OS.HI/c1-9-6-20-13(24-9)8-22-15(19-2)21-7-10-11(16)4-3-5-12(10)23-14(17)18;/h3-6,14H,7-8H2,1-2H3,(H2,19,21,22);1H. The van der Waals surface area contributed by atoms with Crippen molar-refractivity contribution in [1.82, 2.24) is 15.6 Å². The molecule has 0 atom stereocenters. The SMILES string of the molecule is CN=C(NCc1ncc(C)s1)NCc1c(F)cccc1OC(F)F.I. The average molecular weight is 486 g/mol. The normalized spacial score (nSPS) is 11.2. The van der Waals surface area contributed by atoms with Gasteiger partial charge >= 0.3 is 6.61 Å². The average Bonchev–Trinajstić information content (AvgIpc) is 2.94. The highest BCUT2D eigenvalue weighted by Crippen LogP contribution is 2.23. The van der Waals surface area contributed by atoms with Gasteiger partial charge in [0.15, 0.2) is 5.96 Å². The maximum atomic E-state index is 13.9. The number of aliphatic imine (C=N–C) groups is 1. The van der Waals surface area contributed by atoms with Gasteiger partial charge in [-0.1, -0.05) is 6.07 Å². The Labute approximate surface area is 164 Å². The van der Waals surface area contributed by atoms with Crippen molar-refractivity contribution in [3.8, 4) is 5.75 Å². The molecule has 1 aromatic carbocycles. The Morgan fingerprint density at radius 3 is 2.64 bits per heavy atom. The topological polar surface area (TPSA) is 58.5 Å². The number of nitrogens with one attached hydrogen (secondary N) is 2. The van der Waals surface area contributed by atoms with Gasteiger partial charge in [-0.25, -0.2) is 9.37 Å². The molecule has 0 fully saturated rings. The number of aryl methyl sites for hydroxylation is 1. The fourth-order valence-electron chi connectivity index (χ4n) is 1.95. The number of benzene rings is 1. The molecule has 1 aromatic heterocycles. The van der Waals surface area contributed by atoms with E-state index in [1.807, 2.05) is 6.92 Å². The molecule has 0 amide bonds. The molecule has 0 saturated heterocycles. The Balaban J connectivity index is 0.00000312. The van der Waals surface area contributed by atoms with E-state index in [0.717, 1.165) is 9.88 Å². The van der Waals surface area contributed by atoms with Gasteiger partial charge in [0.2, 0.25) is 0 Å². The van der Waals surface area contributed by atoms with Crippen molar-refractivity contribution in [2.45, 2.75) is 26.6 Å². The first kappa shape index (κ1) is 21.5. The summed E-state index contributed by atoms with van der Waals surface area (Å²) in [6.45, 7) is -0.658. The van der Waals surface area contributed by atoms with Crippen LogP contribution in [-0.2, 0) is 13.1 Å². The van der Waals surface area contributed by atoms with E-state index < -0.39 is 12.4 Å². The third-order valence-electron chi connectivity index (χ3n) is 3.02. The van der Waals surface area contributed by atoms with Gasteiger partial charge in [-0.2, -0.15) is 8.78 Å². The highest BCUT2D eigenvalue weighted by Gasteiger charge is 2.14. The van der Waals surface area contributed by atoms with Crippen LogP contribution in [0.15, 0.2) is 29.4 Å². The summed E-state index contributed by atoms with van der Waals surface area (Å²) < 4.78 is 43.0. The van der Waals surface area contributed by atoms with Crippen LogP contribution in [0.5, 0.6) is 5.75 Å². The van der Waals surface area contributed by atoms with Crippen molar-refractivity contribution in [3.05, 3.63) is 45.7 Å². The molecule has 0 bridgehead atoms. The summed E-state index contributed by atoms with van der Waals surface area (Å²) in [5.74, 6) is -0.441. The van der Waals surface area contributed by atoms with Crippen molar-refractivity contribution in [2.75, 3.05) is 7.05 Å². The molecular formula is C15H18F3IN4OS. The lowest BCUT2D eigenvalue weighted by atomic mass is 10.2. The van der Waals surface area contributed by atoms with Gasteiger partial charge in [0.25, 0.3) is 0 Å². The number of nitrogens with zero attached hydrogens (tertiary/aromatic N) is 2. The molecule has 0 saturated carbocycles. The molecule has 0 aliphatic heterocycles. The third kappa shape index (κ3) is 6.69. The predicted octanol–water partition coefficient (Wildman–Crippen LogP) is 3.68. The second-order valence-electron chi connectivity index (χ2n) is 4.74. The van der Waals surface area contributed by atoms with Crippen molar-refractivity contribution in [2.24, 2.45) is 4.99 Å². The van der Waals surface area contributed by atoms with Gasteiger partial charge in [0, 0.05) is 30.2 Å². The molecule has 25 heavy (non-hydrogen) atoms. The van der Waals surface area contributed by atoms with E-state index in [2.05, 4.69) is 25.3 Å². The Hall–Kier alpha value is -1.56. The summed E-state index contributed by atoms with van der Waals surface area (Å²) in [4.78, 5) is 9.31. The van der Waals surface area contributed by atoms with Crippen LogP contribution in [0.25, 0.3) is 0 Å². The van der Waals surface area contributed by atoms with Crippen molar-refractivity contribution >= 4 is 41.3 Å². The van der Waals surface area contributed by atoms with E-state index in [4.69, 9.17) is 0 Å². The van der Waals surface area contributed by atoms with E-state index in [9.17, 15) is 13.2 Å². The molecule has 0 aliphatic rings. The first-order chi connectivity index (χ1) is 11.5. The van der Waals surface area contributed by atoms with Crippen LogP contribution < -0.4 is 15.4 Å². The number of alkyl halides is 2. The highest BCUT2D eigenvalue weighted by molar-refractivity contribution is 14.0. The molecule has 0 unspecified atom stereocenters. The smallest absolute Gasteiger partial charge is 0.387 e. The van der Waals surface area contributed by atoms with Gasteiger partial charge < -0.3 is 15.4 Å². The third-order valence-corrected chi connectivity index (χ3v) is 3.94. The Morgan fingerprint density at radius 1 is 1.32 bits per heavy atom. The van der Waals surface area contributed by atoms with Crippen LogP contribution in [-0.4, -0.2) is 24.6 Å².